The second-order valence-corrected chi connectivity index (χ2v) is 12.6. The number of aliphatic imine (C=N–C) groups is 2. The number of hydrogen-bond donors (Lipinski definition) is 2. The first-order valence-electron chi connectivity index (χ1n) is 17.9. The molecule has 44 heavy (non-hydrogen) atoms. The van der Waals surface area contributed by atoms with E-state index in [4.69, 9.17) is 11.5 Å². The highest BCUT2D eigenvalue weighted by molar-refractivity contribution is 5.98. The lowest BCUT2D eigenvalue weighted by molar-refractivity contribution is 0.578. The van der Waals surface area contributed by atoms with E-state index in [-0.39, 0.29) is 0 Å². The van der Waals surface area contributed by atoms with Crippen LogP contribution in [0.2, 0.25) is 0 Å². The van der Waals surface area contributed by atoms with E-state index < -0.39 is 0 Å². The third-order valence-corrected chi connectivity index (χ3v) is 8.92. The molecule has 0 saturated carbocycles. The number of anilines is 2. The quantitative estimate of drug-likeness (QED) is 0.0802. The van der Waals surface area contributed by atoms with Crippen LogP contribution in [-0.4, -0.2) is 50.9 Å². The summed E-state index contributed by atoms with van der Waals surface area (Å²) in [6.07, 6.45) is 21.0. The fourth-order valence-corrected chi connectivity index (χ4v) is 5.98. The largest absolute Gasteiger partial charge is 0.384 e. The Morgan fingerprint density at radius 1 is 0.477 bits per heavy atom. The van der Waals surface area contributed by atoms with E-state index in [9.17, 15) is 0 Å². The van der Waals surface area contributed by atoms with Gasteiger partial charge in [0.25, 0.3) is 0 Å². The molecular weight excluding hydrogens is 540 g/mol. The average Bonchev–Trinajstić information content (AvgIpc) is 3.07. The van der Waals surface area contributed by atoms with Gasteiger partial charge in [-0.05, 0) is 61.4 Å². The maximum atomic E-state index is 6.30. The lowest BCUT2D eigenvalue weighted by Crippen LogP contribution is -2.46. The molecule has 1 fully saturated rings. The molecule has 2 aromatic carbocycles. The number of nitrogens with zero attached hydrogens (tertiary/aromatic N) is 4. The lowest BCUT2D eigenvalue weighted by Gasteiger charge is -2.37. The van der Waals surface area contributed by atoms with E-state index in [1.54, 1.807) is 0 Å². The third-order valence-electron chi connectivity index (χ3n) is 8.92. The Kier molecular flexibility index (Phi) is 17.4. The SMILES string of the molecule is CCCCCCCCCCN=C(N)c1ccc(N2CCN(c3ccc(C(N)=NCCCCCCCCCC)cc3)CC2)cc1. The first-order chi connectivity index (χ1) is 21.6. The van der Waals surface area contributed by atoms with Crippen LogP contribution in [0.3, 0.4) is 0 Å². The molecule has 1 aliphatic heterocycles. The summed E-state index contributed by atoms with van der Waals surface area (Å²) in [4.78, 5) is 14.2. The van der Waals surface area contributed by atoms with Gasteiger partial charge < -0.3 is 21.3 Å². The molecule has 6 nitrogen and oxygen atoms in total. The maximum absolute atomic E-state index is 6.30. The Hall–Kier alpha value is -3.02. The van der Waals surface area contributed by atoms with Gasteiger partial charge in [0.15, 0.2) is 0 Å². The minimum absolute atomic E-state index is 0.659. The molecule has 6 heteroatoms. The van der Waals surface area contributed by atoms with Gasteiger partial charge in [0, 0.05) is 61.8 Å². The van der Waals surface area contributed by atoms with Crippen molar-refractivity contribution in [1.82, 2.24) is 0 Å². The molecule has 0 unspecified atom stereocenters. The van der Waals surface area contributed by atoms with E-state index in [0.29, 0.717) is 11.7 Å². The zero-order chi connectivity index (χ0) is 31.2. The second kappa shape index (κ2) is 21.6. The summed E-state index contributed by atoms with van der Waals surface area (Å²) in [6, 6.07) is 17.2. The standard InChI is InChI=1S/C38H62N6/c1-3-5-7-9-11-13-15-17-27-41-37(39)33-19-23-35(24-20-33)43-29-31-44(32-30-43)36-25-21-34(22-26-36)38(40)42-28-18-16-14-12-10-8-6-4-2/h19-26H,3-18,27-32H2,1-2H3,(H2,39,41)(H2,40,42). The number of nitrogens with two attached hydrogens (primary N) is 2. The van der Waals surface area contributed by atoms with Crippen molar-refractivity contribution in [2.75, 3.05) is 49.1 Å². The number of benzene rings is 2. The van der Waals surface area contributed by atoms with Crippen LogP contribution in [0.1, 0.15) is 128 Å². The molecule has 244 valence electrons. The lowest BCUT2D eigenvalue weighted by atomic mass is 10.1. The fourth-order valence-electron chi connectivity index (χ4n) is 5.98. The summed E-state index contributed by atoms with van der Waals surface area (Å²) in [5.41, 5.74) is 17.2. The van der Waals surface area contributed by atoms with Gasteiger partial charge in [0.1, 0.15) is 11.7 Å². The maximum Gasteiger partial charge on any atom is 0.125 e. The van der Waals surface area contributed by atoms with Crippen molar-refractivity contribution in [2.45, 2.75) is 117 Å². The summed E-state index contributed by atoms with van der Waals surface area (Å²) in [6.45, 7) is 10.1. The predicted molar refractivity (Wildman–Crippen MR) is 194 cm³/mol. The van der Waals surface area contributed by atoms with Crippen molar-refractivity contribution in [2.24, 2.45) is 21.5 Å². The van der Waals surface area contributed by atoms with Crippen LogP contribution in [0.15, 0.2) is 58.5 Å². The molecule has 1 heterocycles. The monoisotopic (exact) mass is 603 g/mol. The molecule has 1 aliphatic rings. The molecule has 2 aromatic rings. The summed E-state index contributed by atoms with van der Waals surface area (Å²) < 4.78 is 0. The molecule has 0 aliphatic carbocycles. The van der Waals surface area contributed by atoms with Crippen LogP contribution in [0.25, 0.3) is 0 Å². The molecule has 1 saturated heterocycles. The minimum atomic E-state index is 0.659. The van der Waals surface area contributed by atoms with Gasteiger partial charge in [-0.1, -0.05) is 104 Å². The van der Waals surface area contributed by atoms with Crippen molar-refractivity contribution in [3.63, 3.8) is 0 Å². The van der Waals surface area contributed by atoms with Crippen LogP contribution in [0.4, 0.5) is 11.4 Å². The average molecular weight is 603 g/mol. The Morgan fingerprint density at radius 2 is 0.773 bits per heavy atom. The highest BCUT2D eigenvalue weighted by Gasteiger charge is 2.18. The number of amidine groups is 2. The zero-order valence-electron chi connectivity index (χ0n) is 28.1. The zero-order valence-corrected chi connectivity index (χ0v) is 28.1. The van der Waals surface area contributed by atoms with Crippen molar-refractivity contribution in [1.29, 1.82) is 0 Å². The second-order valence-electron chi connectivity index (χ2n) is 12.6. The van der Waals surface area contributed by atoms with E-state index in [0.717, 1.165) is 63.2 Å². The predicted octanol–water partition coefficient (Wildman–Crippen LogP) is 8.71. The van der Waals surface area contributed by atoms with Crippen LogP contribution in [0, 0.1) is 0 Å². The molecule has 0 radical (unpaired) electrons. The van der Waals surface area contributed by atoms with Gasteiger partial charge in [-0.2, -0.15) is 0 Å². The topological polar surface area (TPSA) is 83.2 Å². The Morgan fingerprint density at radius 3 is 1.09 bits per heavy atom. The molecule has 0 amide bonds. The van der Waals surface area contributed by atoms with Crippen molar-refractivity contribution in [3.8, 4) is 0 Å². The van der Waals surface area contributed by atoms with E-state index in [1.165, 1.54) is 101 Å². The Bertz CT molecular complexity index is 980. The van der Waals surface area contributed by atoms with Gasteiger partial charge in [-0.25, -0.2) is 0 Å². The van der Waals surface area contributed by atoms with E-state index in [1.807, 2.05) is 0 Å². The molecule has 0 spiro atoms. The molecule has 4 N–H and O–H groups in total. The normalized spacial score (nSPS) is 14.4. The van der Waals surface area contributed by atoms with Crippen molar-refractivity contribution >= 4 is 23.0 Å². The van der Waals surface area contributed by atoms with Gasteiger partial charge in [0.05, 0.1) is 0 Å². The van der Waals surface area contributed by atoms with Crippen LogP contribution >= 0.6 is 0 Å². The van der Waals surface area contributed by atoms with Gasteiger partial charge >= 0.3 is 0 Å². The van der Waals surface area contributed by atoms with E-state index >= 15 is 0 Å². The Balaban J connectivity index is 1.34. The van der Waals surface area contributed by atoms with Crippen molar-refractivity contribution in [3.05, 3.63) is 59.7 Å². The Labute approximate surface area is 269 Å². The van der Waals surface area contributed by atoms with Crippen LogP contribution in [-0.2, 0) is 0 Å². The number of rotatable bonds is 22. The van der Waals surface area contributed by atoms with Crippen LogP contribution in [0.5, 0.6) is 0 Å². The fraction of sp³-hybridized carbons (Fsp3) is 0.632. The minimum Gasteiger partial charge on any atom is -0.384 e. The molecule has 3 rings (SSSR count). The summed E-state index contributed by atoms with van der Waals surface area (Å²) in [7, 11) is 0. The first-order valence-corrected chi connectivity index (χ1v) is 17.9. The molecule has 0 aromatic heterocycles. The first kappa shape index (κ1) is 35.5. The van der Waals surface area contributed by atoms with Gasteiger partial charge in [-0.15, -0.1) is 0 Å². The smallest absolute Gasteiger partial charge is 0.125 e. The number of piperazine rings is 1. The van der Waals surface area contributed by atoms with Gasteiger partial charge in [-0.3, -0.25) is 9.98 Å². The molecule has 0 atom stereocenters. The highest BCUT2D eigenvalue weighted by Crippen LogP contribution is 2.22. The third kappa shape index (κ3) is 13.3. The molecule has 0 bridgehead atoms. The summed E-state index contributed by atoms with van der Waals surface area (Å²) in [5, 5.41) is 0. The number of unbranched alkanes of at least 4 members (excludes halogenated alkanes) is 14. The number of hydrogen-bond acceptors (Lipinski definition) is 4. The van der Waals surface area contributed by atoms with Gasteiger partial charge in [0.2, 0.25) is 0 Å². The van der Waals surface area contributed by atoms with Crippen molar-refractivity contribution < 1.29 is 0 Å². The highest BCUT2D eigenvalue weighted by atomic mass is 15.3. The summed E-state index contributed by atoms with van der Waals surface area (Å²) in [5.74, 6) is 1.32. The van der Waals surface area contributed by atoms with E-state index in [2.05, 4.69) is 82.2 Å². The summed E-state index contributed by atoms with van der Waals surface area (Å²) >= 11 is 0. The molecular formula is C38H62N6. The van der Waals surface area contributed by atoms with Crippen LogP contribution < -0.4 is 21.3 Å².